The molecule has 8 heteroatoms. The fourth-order valence-electron chi connectivity index (χ4n) is 1.62. The summed E-state index contributed by atoms with van der Waals surface area (Å²) in [6, 6.07) is 8.88. The zero-order valence-electron chi connectivity index (χ0n) is 11.9. The maximum atomic E-state index is 12.0. The van der Waals surface area contributed by atoms with Gasteiger partial charge in [-0.25, -0.2) is 0 Å². The highest BCUT2D eigenvalue weighted by Crippen LogP contribution is 2.13. The first kappa shape index (κ1) is 17.1. The van der Waals surface area contributed by atoms with E-state index < -0.39 is 6.04 Å². The number of benzene rings is 1. The Hall–Kier alpha value is -1.99. The third kappa shape index (κ3) is 4.24. The van der Waals surface area contributed by atoms with Crippen LogP contribution in [-0.2, 0) is 4.79 Å². The summed E-state index contributed by atoms with van der Waals surface area (Å²) in [5, 5.41) is 14.9. The van der Waals surface area contributed by atoms with Crippen LogP contribution in [0, 0.1) is 0 Å². The Morgan fingerprint density at radius 1 is 1.33 bits per heavy atom. The van der Waals surface area contributed by atoms with E-state index in [1.54, 1.807) is 6.92 Å². The number of carbonyl (C=O) groups excluding carboxylic acids is 1. The van der Waals surface area contributed by atoms with Gasteiger partial charge in [0.1, 0.15) is 6.04 Å². The summed E-state index contributed by atoms with van der Waals surface area (Å²) in [5.74, 6) is 0.317. The normalized spacial score (nSPS) is 13.1. The number of carbonyl (C=O) groups is 1. The SMILES string of the molecule is CC(C(=O)N[C@@H](C)CN)n1nnc(-c2ccccc2)n1.Cl. The van der Waals surface area contributed by atoms with Gasteiger partial charge >= 0.3 is 0 Å². The van der Waals surface area contributed by atoms with Crippen LogP contribution >= 0.6 is 12.4 Å². The van der Waals surface area contributed by atoms with Crippen LogP contribution in [0.1, 0.15) is 19.9 Å². The van der Waals surface area contributed by atoms with Crippen molar-refractivity contribution in [1.82, 2.24) is 25.5 Å². The second kappa shape index (κ2) is 7.70. The summed E-state index contributed by atoms with van der Waals surface area (Å²) in [5.41, 5.74) is 6.34. The fourth-order valence-corrected chi connectivity index (χ4v) is 1.62. The van der Waals surface area contributed by atoms with Crippen LogP contribution < -0.4 is 11.1 Å². The smallest absolute Gasteiger partial charge is 0.246 e. The molecule has 1 aromatic heterocycles. The minimum absolute atomic E-state index is 0. The van der Waals surface area contributed by atoms with E-state index in [4.69, 9.17) is 5.73 Å². The van der Waals surface area contributed by atoms with Crippen molar-refractivity contribution in [3.8, 4) is 11.4 Å². The minimum Gasteiger partial charge on any atom is -0.350 e. The lowest BCUT2D eigenvalue weighted by Crippen LogP contribution is -2.41. The number of tetrazole rings is 1. The van der Waals surface area contributed by atoms with Crippen molar-refractivity contribution < 1.29 is 4.79 Å². The Labute approximate surface area is 129 Å². The van der Waals surface area contributed by atoms with Crippen LogP contribution in [0.3, 0.4) is 0 Å². The minimum atomic E-state index is -0.533. The van der Waals surface area contributed by atoms with Gasteiger partial charge in [0, 0.05) is 18.2 Å². The summed E-state index contributed by atoms with van der Waals surface area (Å²) in [6.07, 6.45) is 0. The maximum Gasteiger partial charge on any atom is 0.246 e. The van der Waals surface area contributed by atoms with Crippen LogP contribution in [0.5, 0.6) is 0 Å². The molecule has 1 amide bonds. The Bertz CT molecular complexity index is 573. The van der Waals surface area contributed by atoms with Gasteiger partial charge < -0.3 is 11.1 Å². The number of nitrogens with zero attached hydrogens (tertiary/aromatic N) is 4. The first-order valence-corrected chi connectivity index (χ1v) is 6.47. The molecular formula is C13H19ClN6O. The highest BCUT2D eigenvalue weighted by atomic mass is 35.5. The van der Waals surface area contributed by atoms with Gasteiger partial charge in [-0.3, -0.25) is 4.79 Å². The van der Waals surface area contributed by atoms with Crippen LogP contribution in [0.4, 0.5) is 0 Å². The predicted octanol–water partition coefficient (Wildman–Crippen LogP) is 0.786. The maximum absolute atomic E-state index is 12.0. The second-order valence-electron chi connectivity index (χ2n) is 4.62. The number of aromatic nitrogens is 4. The Morgan fingerprint density at radius 2 is 2.00 bits per heavy atom. The molecule has 1 unspecified atom stereocenters. The van der Waals surface area contributed by atoms with Gasteiger partial charge in [0.15, 0.2) is 0 Å². The van der Waals surface area contributed by atoms with Crippen LogP contribution in [-0.4, -0.2) is 38.7 Å². The lowest BCUT2D eigenvalue weighted by atomic mass is 10.2. The topological polar surface area (TPSA) is 98.7 Å². The number of halogens is 1. The molecule has 0 saturated heterocycles. The van der Waals surface area contributed by atoms with Gasteiger partial charge in [-0.2, -0.15) is 4.80 Å². The van der Waals surface area contributed by atoms with Gasteiger partial charge in [0.05, 0.1) is 0 Å². The van der Waals surface area contributed by atoms with Gasteiger partial charge in [-0.05, 0) is 19.1 Å². The Kier molecular flexibility index (Phi) is 6.26. The number of hydrogen-bond donors (Lipinski definition) is 2. The lowest BCUT2D eigenvalue weighted by molar-refractivity contribution is -0.125. The van der Waals surface area contributed by atoms with Crippen molar-refractivity contribution in [2.75, 3.05) is 6.54 Å². The van der Waals surface area contributed by atoms with Gasteiger partial charge in [-0.1, -0.05) is 30.3 Å². The first-order chi connectivity index (χ1) is 9.61. The number of nitrogens with two attached hydrogens (primary N) is 1. The van der Waals surface area contributed by atoms with Gasteiger partial charge in [0.25, 0.3) is 0 Å². The van der Waals surface area contributed by atoms with Crippen LogP contribution in [0.15, 0.2) is 30.3 Å². The average molecular weight is 311 g/mol. The van der Waals surface area contributed by atoms with E-state index in [2.05, 4.69) is 20.7 Å². The summed E-state index contributed by atoms with van der Waals surface area (Å²) < 4.78 is 0. The van der Waals surface area contributed by atoms with E-state index in [1.165, 1.54) is 4.80 Å². The van der Waals surface area contributed by atoms with Crippen molar-refractivity contribution in [3.63, 3.8) is 0 Å². The summed E-state index contributed by atoms with van der Waals surface area (Å²) in [4.78, 5) is 13.3. The summed E-state index contributed by atoms with van der Waals surface area (Å²) in [7, 11) is 0. The summed E-state index contributed by atoms with van der Waals surface area (Å²) >= 11 is 0. The quantitative estimate of drug-likeness (QED) is 0.850. The highest BCUT2D eigenvalue weighted by molar-refractivity contribution is 5.85. The molecule has 0 radical (unpaired) electrons. The molecule has 21 heavy (non-hydrogen) atoms. The number of hydrogen-bond acceptors (Lipinski definition) is 5. The molecule has 7 nitrogen and oxygen atoms in total. The standard InChI is InChI=1S/C13H18N6O.ClH/c1-9(8-14)15-13(20)10(2)19-17-12(16-18-19)11-6-4-3-5-7-11;/h3-7,9-10H,8,14H2,1-2H3,(H,15,20);1H/t9-,10?;/m0./s1. The van der Waals surface area contributed by atoms with E-state index in [9.17, 15) is 4.79 Å². The highest BCUT2D eigenvalue weighted by Gasteiger charge is 2.19. The molecule has 0 aliphatic carbocycles. The van der Waals surface area contributed by atoms with Crippen molar-refractivity contribution in [2.24, 2.45) is 5.73 Å². The third-order valence-electron chi connectivity index (χ3n) is 2.93. The van der Waals surface area contributed by atoms with Crippen molar-refractivity contribution >= 4 is 18.3 Å². The van der Waals surface area contributed by atoms with E-state index in [0.29, 0.717) is 12.4 Å². The molecule has 114 valence electrons. The van der Waals surface area contributed by atoms with Crippen LogP contribution in [0.25, 0.3) is 11.4 Å². The molecule has 1 aromatic carbocycles. The van der Waals surface area contributed by atoms with Crippen molar-refractivity contribution in [3.05, 3.63) is 30.3 Å². The molecule has 0 bridgehead atoms. The Morgan fingerprint density at radius 3 is 2.62 bits per heavy atom. The zero-order chi connectivity index (χ0) is 14.5. The predicted molar refractivity (Wildman–Crippen MR) is 81.9 cm³/mol. The monoisotopic (exact) mass is 310 g/mol. The van der Waals surface area contributed by atoms with Gasteiger partial charge in [0.2, 0.25) is 11.7 Å². The third-order valence-corrected chi connectivity index (χ3v) is 2.93. The van der Waals surface area contributed by atoms with E-state index in [1.807, 2.05) is 37.3 Å². The molecule has 2 rings (SSSR count). The molecule has 0 spiro atoms. The first-order valence-electron chi connectivity index (χ1n) is 6.47. The number of rotatable bonds is 5. The fraction of sp³-hybridized carbons (Fsp3) is 0.385. The average Bonchev–Trinajstić information content (AvgIpc) is 2.97. The van der Waals surface area contributed by atoms with Crippen LogP contribution in [0.2, 0.25) is 0 Å². The molecule has 3 N–H and O–H groups in total. The molecule has 0 aliphatic rings. The largest absolute Gasteiger partial charge is 0.350 e. The van der Waals surface area contributed by atoms with Crippen molar-refractivity contribution in [1.29, 1.82) is 0 Å². The second-order valence-corrected chi connectivity index (χ2v) is 4.62. The number of amides is 1. The lowest BCUT2D eigenvalue weighted by Gasteiger charge is -2.14. The molecule has 2 atom stereocenters. The molecule has 0 saturated carbocycles. The molecule has 2 aromatic rings. The molecule has 1 heterocycles. The van der Waals surface area contributed by atoms with Gasteiger partial charge in [-0.15, -0.1) is 22.6 Å². The van der Waals surface area contributed by atoms with E-state index in [-0.39, 0.29) is 24.4 Å². The molecule has 0 aliphatic heterocycles. The number of nitrogens with one attached hydrogen (secondary N) is 1. The Balaban J connectivity index is 0.00000220. The molecule has 0 fully saturated rings. The zero-order valence-corrected chi connectivity index (χ0v) is 12.7. The van der Waals surface area contributed by atoms with Crippen molar-refractivity contribution in [2.45, 2.75) is 25.9 Å². The van der Waals surface area contributed by atoms with E-state index >= 15 is 0 Å². The molecular weight excluding hydrogens is 292 g/mol. The summed E-state index contributed by atoms with van der Waals surface area (Å²) in [6.45, 7) is 3.95. The van der Waals surface area contributed by atoms with E-state index in [0.717, 1.165) is 5.56 Å².